The van der Waals surface area contributed by atoms with Gasteiger partial charge in [-0.3, -0.25) is 15.0 Å². The first-order valence-corrected chi connectivity index (χ1v) is 12.7. The van der Waals surface area contributed by atoms with Crippen molar-refractivity contribution < 1.29 is 8.78 Å². The maximum absolute atomic E-state index is 13.7. The van der Waals surface area contributed by atoms with Crippen LogP contribution in [0.4, 0.5) is 8.78 Å². The van der Waals surface area contributed by atoms with Crippen molar-refractivity contribution in [1.29, 1.82) is 0 Å². The standard InChI is InChI=1S/C30H30ClF2N3/c1-20(22-8-11-25(32)12-9-22)6-7-23(29-15-13-26(33)19-36-29)17-27(30-14-10-24(31)18-35-30)21(2)28-5-3-4-16-34-28/h3-5,8-16,18-21,23,27H,6-7,17H2,1-2H3. The highest BCUT2D eigenvalue weighted by atomic mass is 35.5. The average molecular weight is 506 g/mol. The number of nitrogens with zero attached hydrogens (tertiary/aromatic N) is 3. The van der Waals surface area contributed by atoms with E-state index in [2.05, 4.69) is 28.8 Å². The van der Waals surface area contributed by atoms with E-state index in [0.717, 1.165) is 41.9 Å². The van der Waals surface area contributed by atoms with Gasteiger partial charge in [-0.2, -0.15) is 0 Å². The molecular formula is C30H30ClF2N3. The zero-order chi connectivity index (χ0) is 25.5. The number of benzene rings is 1. The molecule has 186 valence electrons. The maximum atomic E-state index is 13.7. The van der Waals surface area contributed by atoms with E-state index in [1.54, 1.807) is 12.3 Å². The predicted molar refractivity (Wildman–Crippen MR) is 140 cm³/mol. The Morgan fingerprint density at radius 1 is 0.722 bits per heavy atom. The van der Waals surface area contributed by atoms with E-state index in [1.807, 2.05) is 48.7 Å². The molecule has 4 rings (SSSR count). The lowest BCUT2D eigenvalue weighted by Crippen LogP contribution is -2.16. The Bertz CT molecular complexity index is 1220. The van der Waals surface area contributed by atoms with E-state index >= 15 is 0 Å². The molecular weight excluding hydrogens is 476 g/mol. The molecule has 0 saturated carbocycles. The molecule has 0 radical (unpaired) electrons. The second kappa shape index (κ2) is 12.2. The first-order valence-electron chi connectivity index (χ1n) is 12.3. The monoisotopic (exact) mass is 505 g/mol. The largest absolute Gasteiger partial charge is 0.261 e. The second-order valence-corrected chi connectivity index (χ2v) is 9.85. The van der Waals surface area contributed by atoms with Gasteiger partial charge >= 0.3 is 0 Å². The Morgan fingerprint density at radius 3 is 2.08 bits per heavy atom. The quantitative estimate of drug-likeness (QED) is 0.217. The first-order chi connectivity index (χ1) is 17.4. The Morgan fingerprint density at radius 2 is 1.44 bits per heavy atom. The molecule has 0 saturated heterocycles. The molecule has 0 aliphatic heterocycles. The SMILES string of the molecule is CC(CCC(CC(c1ccc(Cl)cn1)C(C)c1ccccn1)c1ccc(F)cn1)c1ccc(F)cc1. The minimum atomic E-state index is -0.352. The minimum Gasteiger partial charge on any atom is -0.261 e. The Kier molecular flexibility index (Phi) is 8.76. The molecule has 4 aromatic rings. The summed E-state index contributed by atoms with van der Waals surface area (Å²) in [6, 6.07) is 19.7. The Balaban J connectivity index is 1.62. The number of hydrogen-bond acceptors (Lipinski definition) is 3. The summed E-state index contributed by atoms with van der Waals surface area (Å²) < 4.78 is 27.1. The third-order valence-corrected chi connectivity index (χ3v) is 7.21. The van der Waals surface area contributed by atoms with Crippen LogP contribution in [0.25, 0.3) is 0 Å². The molecule has 1 aromatic carbocycles. The van der Waals surface area contributed by atoms with Crippen molar-refractivity contribution >= 4 is 11.6 Å². The highest BCUT2D eigenvalue weighted by Crippen LogP contribution is 2.41. The highest BCUT2D eigenvalue weighted by Gasteiger charge is 2.28. The predicted octanol–water partition coefficient (Wildman–Crippen LogP) is 8.45. The van der Waals surface area contributed by atoms with Crippen LogP contribution in [0.3, 0.4) is 0 Å². The summed E-state index contributed by atoms with van der Waals surface area (Å²) in [6.07, 6.45) is 7.26. The maximum Gasteiger partial charge on any atom is 0.141 e. The van der Waals surface area contributed by atoms with Gasteiger partial charge in [0, 0.05) is 47.2 Å². The van der Waals surface area contributed by atoms with Gasteiger partial charge in [0.25, 0.3) is 0 Å². The fourth-order valence-electron chi connectivity index (χ4n) is 4.77. The van der Waals surface area contributed by atoms with Crippen molar-refractivity contribution in [3.05, 3.63) is 125 Å². The topological polar surface area (TPSA) is 38.7 Å². The van der Waals surface area contributed by atoms with Gasteiger partial charge in [0.1, 0.15) is 11.6 Å². The van der Waals surface area contributed by atoms with Crippen LogP contribution in [0.15, 0.2) is 85.3 Å². The van der Waals surface area contributed by atoms with E-state index in [0.29, 0.717) is 5.02 Å². The van der Waals surface area contributed by atoms with Crippen LogP contribution in [0, 0.1) is 11.6 Å². The molecule has 0 aliphatic carbocycles. The molecule has 6 heteroatoms. The van der Waals surface area contributed by atoms with E-state index in [4.69, 9.17) is 11.6 Å². The van der Waals surface area contributed by atoms with Crippen LogP contribution >= 0.6 is 11.6 Å². The van der Waals surface area contributed by atoms with Gasteiger partial charge in [0.2, 0.25) is 0 Å². The Labute approximate surface area is 216 Å². The van der Waals surface area contributed by atoms with E-state index in [1.165, 1.54) is 24.4 Å². The summed E-state index contributed by atoms with van der Waals surface area (Å²) >= 11 is 6.14. The summed E-state index contributed by atoms with van der Waals surface area (Å²) in [4.78, 5) is 13.7. The third-order valence-electron chi connectivity index (χ3n) is 6.98. The molecule has 0 amide bonds. The number of hydrogen-bond donors (Lipinski definition) is 0. The molecule has 4 atom stereocenters. The van der Waals surface area contributed by atoms with Crippen LogP contribution in [0.5, 0.6) is 0 Å². The number of aromatic nitrogens is 3. The lowest BCUT2D eigenvalue weighted by molar-refractivity contribution is 0.424. The average Bonchev–Trinajstić information content (AvgIpc) is 2.90. The molecule has 3 aromatic heterocycles. The lowest BCUT2D eigenvalue weighted by Gasteiger charge is -2.28. The fourth-order valence-corrected chi connectivity index (χ4v) is 4.88. The van der Waals surface area contributed by atoms with Gasteiger partial charge in [0.15, 0.2) is 0 Å². The van der Waals surface area contributed by atoms with Gasteiger partial charge in [0.05, 0.1) is 11.2 Å². The van der Waals surface area contributed by atoms with Crippen molar-refractivity contribution in [2.75, 3.05) is 0 Å². The molecule has 0 fully saturated rings. The lowest BCUT2D eigenvalue weighted by atomic mass is 9.77. The normalized spacial score (nSPS) is 14.7. The van der Waals surface area contributed by atoms with Gasteiger partial charge in [-0.25, -0.2) is 8.78 Å². The third kappa shape index (κ3) is 6.73. The van der Waals surface area contributed by atoms with E-state index < -0.39 is 0 Å². The first kappa shape index (κ1) is 25.9. The zero-order valence-corrected chi connectivity index (χ0v) is 21.2. The summed E-state index contributed by atoms with van der Waals surface area (Å²) in [7, 11) is 0. The number of rotatable bonds is 10. The van der Waals surface area contributed by atoms with Crippen LogP contribution in [-0.2, 0) is 0 Å². The molecule has 0 aliphatic rings. The van der Waals surface area contributed by atoms with Crippen molar-refractivity contribution in [2.45, 2.75) is 56.8 Å². The van der Waals surface area contributed by atoms with E-state index in [-0.39, 0.29) is 35.3 Å². The molecule has 36 heavy (non-hydrogen) atoms. The summed E-state index contributed by atoms with van der Waals surface area (Å²) in [5.74, 6) is -0.125. The smallest absolute Gasteiger partial charge is 0.141 e. The van der Waals surface area contributed by atoms with Crippen LogP contribution in [0.1, 0.15) is 79.4 Å². The summed E-state index contributed by atoms with van der Waals surface area (Å²) in [6.45, 7) is 4.32. The Hall–Kier alpha value is -3.18. The number of pyridine rings is 3. The van der Waals surface area contributed by atoms with Gasteiger partial charge in [-0.15, -0.1) is 0 Å². The molecule has 3 nitrogen and oxygen atoms in total. The molecule has 0 bridgehead atoms. The van der Waals surface area contributed by atoms with Gasteiger partial charge in [-0.05, 0) is 79.3 Å². The molecule has 3 heterocycles. The van der Waals surface area contributed by atoms with Crippen molar-refractivity contribution in [3.63, 3.8) is 0 Å². The van der Waals surface area contributed by atoms with Crippen LogP contribution in [0.2, 0.25) is 5.02 Å². The summed E-state index contributed by atoms with van der Waals surface area (Å²) in [5, 5.41) is 0.591. The molecule has 4 unspecified atom stereocenters. The van der Waals surface area contributed by atoms with Crippen molar-refractivity contribution in [2.24, 2.45) is 0 Å². The zero-order valence-electron chi connectivity index (χ0n) is 20.5. The molecule has 0 spiro atoms. The van der Waals surface area contributed by atoms with E-state index in [9.17, 15) is 8.78 Å². The van der Waals surface area contributed by atoms with Crippen molar-refractivity contribution in [3.8, 4) is 0 Å². The van der Waals surface area contributed by atoms with Gasteiger partial charge < -0.3 is 0 Å². The van der Waals surface area contributed by atoms with Gasteiger partial charge in [-0.1, -0.05) is 43.6 Å². The van der Waals surface area contributed by atoms with Crippen LogP contribution < -0.4 is 0 Å². The van der Waals surface area contributed by atoms with Crippen LogP contribution in [-0.4, -0.2) is 15.0 Å². The number of halogens is 3. The van der Waals surface area contributed by atoms with Crippen molar-refractivity contribution in [1.82, 2.24) is 15.0 Å². The minimum absolute atomic E-state index is 0.0511. The fraction of sp³-hybridized carbons (Fsp3) is 0.300. The molecule has 0 N–H and O–H groups in total. The second-order valence-electron chi connectivity index (χ2n) is 9.41. The summed E-state index contributed by atoms with van der Waals surface area (Å²) in [5.41, 5.74) is 3.89. The highest BCUT2D eigenvalue weighted by molar-refractivity contribution is 6.30.